The van der Waals surface area contributed by atoms with E-state index in [0.717, 1.165) is 47.9 Å². The summed E-state index contributed by atoms with van der Waals surface area (Å²) >= 11 is 0. The molecule has 0 saturated heterocycles. The van der Waals surface area contributed by atoms with Gasteiger partial charge in [0.25, 0.3) is 0 Å². The molecule has 0 N–H and O–H groups in total. The molecule has 0 fully saturated rings. The van der Waals surface area contributed by atoms with Crippen LogP contribution in [0.1, 0.15) is 72.6 Å². The first-order chi connectivity index (χ1) is 20.1. The Hall–Kier alpha value is -4.26. The molecule has 0 bridgehead atoms. The van der Waals surface area contributed by atoms with Gasteiger partial charge in [-0.25, -0.2) is 9.59 Å². The maximum atomic E-state index is 12.6. The van der Waals surface area contributed by atoms with Gasteiger partial charge in [0.15, 0.2) is 0 Å². The summed E-state index contributed by atoms with van der Waals surface area (Å²) in [6.45, 7) is 2.17. The average molecular weight is 553 g/mol. The third-order valence-electron chi connectivity index (χ3n) is 6.71. The topological polar surface area (TPSA) is 71.1 Å². The average Bonchev–Trinajstić information content (AvgIpc) is 3.04. The highest BCUT2D eigenvalue weighted by atomic mass is 17.3. The lowest BCUT2D eigenvalue weighted by Crippen LogP contribution is -2.22. The van der Waals surface area contributed by atoms with E-state index < -0.39 is 18.2 Å². The number of hydrogen-bond acceptors (Lipinski definition) is 6. The van der Waals surface area contributed by atoms with Crippen molar-refractivity contribution in [3.05, 3.63) is 120 Å². The zero-order valence-corrected chi connectivity index (χ0v) is 23.4. The van der Waals surface area contributed by atoms with Gasteiger partial charge in [0, 0.05) is 6.42 Å². The summed E-state index contributed by atoms with van der Waals surface area (Å²) in [4.78, 5) is 46.1. The first-order valence-electron chi connectivity index (χ1n) is 14.2. The third-order valence-corrected chi connectivity index (χ3v) is 6.71. The molecule has 0 aromatic heterocycles. The van der Waals surface area contributed by atoms with E-state index in [1.54, 1.807) is 24.3 Å². The maximum absolute atomic E-state index is 12.6. The second-order valence-corrected chi connectivity index (χ2v) is 9.81. The molecule has 0 radical (unpaired) electrons. The zero-order chi connectivity index (χ0) is 28.7. The van der Waals surface area contributed by atoms with E-state index >= 15 is 0 Å². The molecule has 41 heavy (non-hydrogen) atoms. The molecule has 4 aromatic carbocycles. The van der Waals surface area contributed by atoms with Crippen LogP contribution in [0.3, 0.4) is 0 Å². The van der Waals surface area contributed by atoms with Crippen LogP contribution in [0.5, 0.6) is 0 Å². The van der Waals surface area contributed by atoms with Crippen LogP contribution in [0, 0.1) is 0 Å². The van der Waals surface area contributed by atoms with E-state index in [4.69, 9.17) is 19.6 Å². The number of carbonyl (C=O) groups is 2. The molecule has 212 valence electrons. The standard InChI is InChI=1S/C35H36O6/c1-2-3-4-5-6-13-18-33(38-40-34(36)31-23-19-29(20-24-31)27-14-9-7-10-15-27)39-41-35(37)32-25-21-30(22-26-32)28-16-11-8-12-17-28/h7-12,14-17,19-26,33H,2-6,13,18H2,1H3. The van der Waals surface area contributed by atoms with Crippen molar-refractivity contribution in [2.75, 3.05) is 0 Å². The van der Waals surface area contributed by atoms with Crippen molar-refractivity contribution in [2.24, 2.45) is 0 Å². The Bertz CT molecular complexity index is 1240. The van der Waals surface area contributed by atoms with Crippen molar-refractivity contribution in [3.63, 3.8) is 0 Å². The Morgan fingerprint density at radius 2 is 0.902 bits per heavy atom. The van der Waals surface area contributed by atoms with E-state index in [-0.39, 0.29) is 0 Å². The molecule has 4 rings (SSSR count). The molecular formula is C35H36O6. The van der Waals surface area contributed by atoms with Gasteiger partial charge in [-0.05, 0) is 52.9 Å². The predicted molar refractivity (Wildman–Crippen MR) is 159 cm³/mol. The molecular weight excluding hydrogens is 516 g/mol. The molecule has 6 heteroatoms. The minimum absolute atomic E-state index is 0.332. The van der Waals surface area contributed by atoms with E-state index in [0.29, 0.717) is 17.5 Å². The van der Waals surface area contributed by atoms with Crippen LogP contribution in [0.15, 0.2) is 109 Å². The fourth-order valence-electron chi connectivity index (χ4n) is 4.35. The van der Waals surface area contributed by atoms with Crippen molar-refractivity contribution in [3.8, 4) is 22.3 Å². The third kappa shape index (κ3) is 9.41. The summed E-state index contributed by atoms with van der Waals surface area (Å²) in [5, 5.41) is 0. The van der Waals surface area contributed by atoms with E-state index in [1.165, 1.54) is 12.8 Å². The van der Waals surface area contributed by atoms with Crippen LogP contribution in [-0.4, -0.2) is 18.2 Å². The second-order valence-electron chi connectivity index (χ2n) is 9.81. The largest absolute Gasteiger partial charge is 0.373 e. The number of benzene rings is 4. The molecule has 0 aliphatic carbocycles. The summed E-state index contributed by atoms with van der Waals surface area (Å²) in [7, 11) is 0. The Kier molecular flexibility index (Phi) is 11.7. The van der Waals surface area contributed by atoms with Gasteiger partial charge in [0.1, 0.15) is 0 Å². The number of rotatable bonds is 15. The molecule has 0 aliphatic heterocycles. The Morgan fingerprint density at radius 1 is 0.512 bits per heavy atom. The second kappa shape index (κ2) is 16.1. The predicted octanol–water partition coefficient (Wildman–Crippen LogP) is 8.97. The molecule has 0 saturated carbocycles. The summed E-state index contributed by atoms with van der Waals surface area (Å²) in [6, 6.07) is 33.8. The van der Waals surface area contributed by atoms with E-state index in [2.05, 4.69) is 6.92 Å². The quantitative estimate of drug-likeness (QED) is 0.0634. The van der Waals surface area contributed by atoms with Gasteiger partial charge in [-0.1, -0.05) is 124 Å². The molecule has 0 amide bonds. The van der Waals surface area contributed by atoms with Gasteiger partial charge in [-0.2, -0.15) is 0 Å². The van der Waals surface area contributed by atoms with Crippen molar-refractivity contribution in [2.45, 2.75) is 58.2 Å². The van der Waals surface area contributed by atoms with Crippen LogP contribution < -0.4 is 0 Å². The van der Waals surface area contributed by atoms with Gasteiger partial charge in [0.05, 0.1) is 11.1 Å². The molecule has 4 aromatic rings. The van der Waals surface area contributed by atoms with Crippen LogP contribution in [0.25, 0.3) is 22.3 Å². The first-order valence-corrected chi connectivity index (χ1v) is 14.2. The van der Waals surface area contributed by atoms with Crippen molar-refractivity contribution < 1.29 is 29.1 Å². The lowest BCUT2D eigenvalue weighted by atomic mass is 10.0. The summed E-state index contributed by atoms with van der Waals surface area (Å²) in [5.74, 6) is -1.33. The summed E-state index contributed by atoms with van der Waals surface area (Å²) in [6.07, 6.45) is 5.67. The minimum atomic E-state index is -1.05. The SMILES string of the molecule is CCCCCCCCC(OOC(=O)c1ccc(-c2ccccc2)cc1)OOC(=O)c1ccc(-c2ccccc2)cc1. The highest BCUT2D eigenvalue weighted by Gasteiger charge is 2.20. The van der Waals surface area contributed by atoms with E-state index in [9.17, 15) is 9.59 Å². The highest BCUT2D eigenvalue weighted by Crippen LogP contribution is 2.21. The van der Waals surface area contributed by atoms with Gasteiger partial charge in [0.2, 0.25) is 6.29 Å². The zero-order valence-electron chi connectivity index (χ0n) is 23.4. The lowest BCUT2D eigenvalue weighted by molar-refractivity contribution is -0.421. The summed E-state index contributed by atoms with van der Waals surface area (Å²) in [5.41, 5.74) is 4.73. The van der Waals surface area contributed by atoms with Crippen molar-refractivity contribution in [1.29, 1.82) is 0 Å². The van der Waals surface area contributed by atoms with Crippen LogP contribution in [0.4, 0.5) is 0 Å². The van der Waals surface area contributed by atoms with Gasteiger partial charge in [-0.3, -0.25) is 9.78 Å². The number of unbranched alkanes of at least 4 members (excludes halogenated alkanes) is 5. The minimum Gasteiger partial charge on any atom is -0.290 e. The molecule has 6 nitrogen and oxygen atoms in total. The molecule has 0 aliphatic rings. The Morgan fingerprint density at radius 3 is 1.34 bits per heavy atom. The monoisotopic (exact) mass is 552 g/mol. The first kappa shape index (κ1) is 29.7. The Labute approximate surface area is 241 Å². The normalized spacial score (nSPS) is 10.9. The van der Waals surface area contributed by atoms with Gasteiger partial charge in [-0.15, -0.1) is 9.78 Å². The lowest BCUT2D eigenvalue weighted by Gasteiger charge is -2.15. The van der Waals surface area contributed by atoms with E-state index in [1.807, 2.05) is 84.9 Å². The summed E-state index contributed by atoms with van der Waals surface area (Å²) < 4.78 is 0. The highest BCUT2D eigenvalue weighted by molar-refractivity contribution is 5.90. The fourth-order valence-corrected chi connectivity index (χ4v) is 4.35. The van der Waals surface area contributed by atoms with Crippen LogP contribution in [0.2, 0.25) is 0 Å². The smallest absolute Gasteiger partial charge is 0.290 e. The number of carbonyl (C=O) groups excluding carboxylic acids is 2. The van der Waals surface area contributed by atoms with Crippen LogP contribution >= 0.6 is 0 Å². The molecule has 0 heterocycles. The molecule has 0 unspecified atom stereocenters. The fraction of sp³-hybridized carbons (Fsp3) is 0.257. The number of hydrogen-bond donors (Lipinski definition) is 0. The van der Waals surface area contributed by atoms with Crippen molar-refractivity contribution >= 4 is 11.9 Å². The van der Waals surface area contributed by atoms with Gasteiger partial charge < -0.3 is 0 Å². The molecule has 0 spiro atoms. The van der Waals surface area contributed by atoms with Crippen LogP contribution in [-0.2, 0) is 19.6 Å². The molecule has 0 atom stereocenters. The Balaban J connectivity index is 1.31. The van der Waals surface area contributed by atoms with Gasteiger partial charge >= 0.3 is 11.9 Å². The maximum Gasteiger partial charge on any atom is 0.373 e. The van der Waals surface area contributed by atoms with Crippen molar-refractivity contribution in [1.82, 2.24) is 0 Å².